The summed E-state index contributed by atoms with van der Waals surface area (Å²) < 4.78 is 0. The van der Waals surface area contributed by atoms with E-state index in [0.717, 1.165) is 18.4 Å². The lowest BCUT2D eigenvalue weighted by Crippen LogP contribution is -2.19. The molecule has 1 N–H and O–H groups in total. The summed E-state index contributed by atoms with van der Waals surface area (Å²) in [7, 11) is 0. The molecule has 0 atom stereocenters. The van der Waals surface area contributed by atoms with Crippen molar-refractivity contribution >= 4 is 28.9 Å². The third-order valence-corrected chi connectivity index (χ3v) is 4.53. The van der Waals surface area contributed by atoms with Gasteiger partial charge in [-0.3, -0.25) is 10.1 Å². The first-order valence-electron chi connectivity index (χ1n) is 7.55. The summed E-state index contributed by atoms with van der Waals surface area (Å²) in [5, 5.41) is 11.4. The SMILES string of the molecule is N#C/N=C1\NC(=O)/C(=C/c2ccc(CCc3ccccc3)cc2)S1. The van der Waals surface area contributed by atoms with Crippen molar-refractivity contribution in [2.24, 2.45) is 4.99 Å². The maximum Gasteiger partial charge on any atom is 0.264 e. The van der Waals surface area contributed by atoms with Crippen LogP contribution in [0.3, 0.4) is 0 Å². The van der Waals surface area contributed by atoms with Gasteiger partial charge in [-0.2, -0.15) is 5.26 Å². The minimum Gasteiger partial charge on any atom is -0.300 e. The van der Waals surface area contributed by atoms with E-state index < -0.39 is 0 Å². The summed E-state index contributed by atoms with van der Waals surface area (Å²) >= 11 is 1.18. The fraction of sp³-hybridized carbons (Fsp3) is 0.105. The molecule has 1 aliphatic rings. The molecule has 2 aromatic carbocycles. The molecule has 0 saturated carbocycles. The number of hydrogen-bond acceptors (Lipinski definition) is 4. The Hall–Kier alpha value is -2.84. The Kier molecular flexibility index (Phi) is 5.09. The molecule has 1 aliphatic heterocycles. The highest BCUT2D eigenvalue weighted by Gasteiger charge is 2.23. The summed E-state index contributed by atoms with van der Waals surface area (Å²) in [6.07, 6.45) is 5.47. The molecule has 1 saturated heterocycles. The van der Waals surface area contributed by atoms with E-state index in [4.69, 9.17) is 5.26 Å². The van der Waals surface area contributed by atoms with Gasteiger partial charge in [0, 0.05) is 0 Å². The van der Waals surface area contributed by atoms with Crippen molar-refractivity contribution in [1.82, 2.24) is 5.32 Å². The van der Waals surface area contributed by atoms with Crippen LogP contribution in [0, 0.1) is 11.5 Å². The van der Waals surface area contributed by atoms with Crippen molar-refractivity contribution in [3.8, 4) is 6.19 Å². The molecule has 1 heterocycles. The number of hydrogen-bond donors (Lipinski definition) is 1. The first-order valence-corrected chi connectivity index (χ1v) is 8.37. The Morgan fingerprint density at radius 1 is 1.04 bits per heavy atom. The lowest BCUT2D eigenvalue weighted by molar-refractivity contribution is -0.115. The molecule has 4 nitrogen and oxygen atoms in total. The molecule has 0 bridgehead atoms. The van der Waals surface area contributed by atoms with E-state index in [9.17, 15) is 4.79 Å². The number of benzene rings is 2. The van der Waals surface area contributed by atoms with E-state index in [-0.39, 0.29) is 5.91 Å². The number of aliphatic imine (C=N–C) groups is 1. The molecular formula is C19H15N3OS. The smallest absolute Gasteiger partial charge is 0.264 e. The van der Waals surface area contributed by atoms with Gasteiger partial charge >= 0.3 is 0 Å². The molecule has 0 unspecified atom stereocenters. The largest absolute Gasteiger partial charge is 0.300 e. The zero-order valence-corrected chi connectivity index (χ0v) is 13.7. The van der Waals surface area contributed by atoms with E-state index >= 15 is 0 Å². The molecule has 3 rings (SSSR count). The summed E-state index contributed by atoms with van der Waals surface area (Å²) in [5.41, 5.74) is 3.54. The van der Waals surface area contributed by atoms with E-state index in [0.29, 0.717) is 10.1 Å². The lowest BCUT2D eigenvalue weighted by Gasteiger charge is -2.03. The van der Waals surface area contributed by atoms with E-state index in [1.54, 1.807) is 12.3 Å². The topological polar surface area (TPSA) is 65.2 Å². The number of amidine groups is 1. The Morgan fingerprint density at radius 3 is 2.38 bits per heavy atom. The molecule has 0 spiro atoms. The zero-order valence-electron chi connectivity index (χ0n) is 12.9. The summed E-state index contributed by atoms with van der Waals surface area (Å²) in [6, 6.07) is 18.6. The quantitative estimate of drug-likeness (QED) is 0.688. The maximum atomic E-state index is 11.8. The second-order valence-corrected chi connectivity index (χ2v) is 6.34. The molecule has 5 heteroatoms. The van der Waals surface area contributed by atoms with Crippen LogP contribution in [-0.2, 0) is 17.6 Å². The molecule has 118 valence electrons. The summed E-state index contributed by atoms with van der Waals surface area (Å²) in [6.45, 7) is 0. The number of thioether (sulfide) groups is 1. The molecule has 24 heavy (non-hydrogen) atoms. The molecular weight excluding hydrogens is 318 g/mol. The minimum absolute atomic E-state index is 0.220. The highest BCUT2D eigenvalue weighted by atomic mass is 32.2. The molecule has 1 amide bonds. The predicted molar refractivity (Wildman–Crippen MR) is 97.1 cm³/mol. The van der Waals surface area contributed by atoms with Crippen LogP contribution in [0.4, 0.5) is 0 Å². The second kappa shape index (κ2) is 7.62. The molecule has 2 aromatic rings. The standard InChI is InChI=1S/C19H15N3OS/c20-13-21-19-22-18(23)17(24-19)12-16-10-8-15(9-11-16)7-6-14-4-2-1-3-5-14/h1-5,8-12H,6-7H2,(H,21,22,23)/b17-12-. The van der Waals surface area contributed by atoms with E-state index in [1.807, 2.05) is 18.2 Å². The van der Waals surface area contributed by atoms with E-state index in [2.05, 4.69) is 46.7 Å². The number of amides is 1. The van der Waals surface area contributed by atoms with Gasteiger partial charge in [0.15, 0.2) is 5.17 Å². The Balaban J connectivity index is 1.65. The average molecular weight is 333 g/mol. The third kappa shape index (κ3) is 4.12. The Bertz CT molecular complexity index is 833. The lowest BCUT2D eigenvalue weighted by atomic mass is 10.0. The van der Waals surface area contributed by atoms with Gasteiger partial charge in [-0.05, 0) is 47.4 Å². The second-order valence-electron chi connectivity index (χ2n) is 5.31. The van der Waals surface area contributed by atoms with Gasteiger partial charge in [0.1, 0.15) is 0 Å². The van der Waals surface area contributed by atoms with Crippen molar-refractivity contribution in [3.05, 3.63) is 76.2 Å². The van der Waals surface area contributed by atoms with Gasteiger partial charge in [0.2, 0.25) is 6.19 Å². The molecule has 0 radical (unpaired) electrons. The van der Waals surface area contributed by atoms with Gasteiger partial charge in [-0.1, -0.05) is 54.6 Å². The minimum atomic E-state index is -0.220. The van der Waals surface area contributed by atoms with Crippen LogP contribution >= 0.6 is 11.8 Å². The fourth-order valence-electron chi connectivity index (χ4n) is 2.39. The van der Waals surface area contributed by atoms with Crippen LogP contribution < -0.4 is 5.32 Å². The normalized spacial score (nSPS) is 17.0. The van der Waals surface area contributed by atoms with Crippen LogP contribution in [0.5, 0.6) is 0 Å². The van der Waals surface area contributed by atoms with E-state index in [1.165, 1.54) is 22.9 Å². The van der Waals surface area contributed by atoms with Crippen LogP contribution in [0.15, 0.2) is 64.5 Å². The number of nitriles is 1. The van der Waals surface area contributed by atoms with Crippen molar-refractivity contribution in [1.29, 1.82) is 5.26 Å². The third-order valence-electron chi connectivity index (χ3n) is 3.63. The zero-order chi connectivity index (χ0) is 16.8. The van der Waals surface area contributed by atoms with Crippen molar-refractivity contribution in [2.75, 3.05) is 0 Å². The molecule has 0 aromatic heterocycles. The maximum absolute atomic E-state index is 11.8. The number of aryl methyl sites for hydroxylation is 2. The Morgan fingerprint density at radius 2 is 1.71 bits per heavy atom. The highest BCUT2D eigenvalue weighted by molar-refractivity contribution is 8.18. The van der Waals surface area contributed by atoms with Gasteiger partial charge in [0.05, 0.1) is 4.91 Å². The number of nitrogens with one attached hydrogen (secondary N) is 1. The number of rotatable bonds is 4. The first-order chi connectivity index (χ1) is 11.7. The average Bonchev–Trinajstić information content (AvgIpc) is 2.95. The van der Waals surface area contributed by atoms with Crippen molar-refractivity contribution < 1.29 is 4.79 Å². The van der Waals surface area contributed by atoms with Crippen LogP contribution in [0.1, 0.15) is 16.7 Å². The Labute approximate surface area is 144 Å². The monoisotopic (exact) mass is 333 g/mol. The van der Waals surface area contributed by atoms with Gasteiger partial charge in [-0.25, -0.2) is 0 Å². The van der Waals surface area contributed by atoms with Gasteiger partial charge in [-0.15, -0.1) is 4.99 Å². The fourth-order valence-corrected chi connectivity index (χ4v) is 3.17. The summed E-state index contributed by atoms with van der Waals surface area (Å²) in [5.74, 6) is -0.220. The number of carbonyl (C=O) groups is 1. The summed E-state index contributed by atoms with van der Waals surface area (Å²) in [4.78, 5) is 15.9. The van der Waals surface area contributed by atoms with Gasteiger partial charge < -0.3 is 0 Å². The van der Waals surface area contributed by atoms with Crippen molar-refractivity contribution in [2.45, 2.75) is 12.8 Å². The van der Waals surface area contributed by atoms with Gasteiger partial charge in [0.25, 0.3) is 5.91 Å². The predicted octanol–water partition coefficient (Wildman–Crippen LogP) is 3.51. The first kappa shape index (κ1) is 16.0. The molecule has 0 aliphatic carbocycles. The number of nitrogens with zero attached hydrogens (tertiary/aromatic N) is 2. The molecule has 1 fully saturated rings. The highest BCUT2D eigenvalue weighted by Crippen LogP contribution is 2.26. The van der Waals surface area contributed by atoms with Crippen molar-refractivity contribution in [3.63, 3.8) is 0 Å². The van der Waals surface area contributed by atoms with Crippen LogP contribution in [-0.4, -0.2) is 11.1 Å². The number of carbonyl (C=O) groups excluding carboxylic acids is 1. The van der Waals surface area contributed by atoms with Crippen LogP contribution in [0.2, 0.25) is 0 Å². The van der Waals surface area contributed by atoms with Crippen LogP contribution in [0.25, 0.3) is 6.08 Å².